The lowest BCUT2D eigenvalue weighted by Crippen LogP contribution is -2.48. The van der Waals surface area contributed by atoms with Crippen molar-refractivity contribution in [1.29, 1.82) is 0 Å². The lowest BCUT2D eigenvalue weighted by molar-refractivity contribution is -0.870. The van der Waals surface area contributed by atoms with Gasteiger partial charge >= 0.3 is 19.9 Å². The van der Waals surface area contributed by atoms with Crippen molar-refractivity contribution in [3.8, 4) is 11.1 Å². The van der Waals surface area contributed by atoms with Gasteiger partial charge < -0.3 is 24.5 Å². The van der Waals surface area contributed by atoms with Crippen LogP contribution in [-0.4, -0.2) is 79.6 Å². The minimum Gasteiger partial charge on any atom is -0.480 e. The van der Waals surface area contributed by atoms with Crippen LogP contribution in [0.1, 0.15) is 24.0 Å². The molecule has 0 aliphatic heterocycles. The third-order valence-corrected chi connectivity index (χ3v) is 6.78. The van der Waals surface area contributed by atoms with Gasteiger partial charge in [-0.2, -0.15) is 0 Å². The summed E-state index contributed by atoms with van der Waals surface area (Å²) in [6.07, 6.45) is -2.35. The van der Waals surface area contributed by atoms with Crippen molar-refractivity contribution in [2.24, 2.45) is 0 Å². The number of alkyl carbamates (subject to hydrolysis) is 1. The highest BCUT2D eigenvalue weighted by molar-refractivity contribution is 7.47. The van der Waals surface area contributed by atoms with E-state index in [-0.39, 0.29) is 19.1 Å². The number of likely N-dealkylation sites (N-methyl/N-ethyl adjacent to an activating group) is 1. The number of hydrogen-bond donors (Lipinski definition) is 3. The number of benzene rings is 2. The third-order valence-electron chi connectivity index (χ3n) is 5.67. The first-order valence-electron chi connectivity index (χ1n) is 11.2. The van der Waals surface area contributed by atoms with Crippen molar-refractivity contribution in [3.05, 3.63) is 59.7 Å². The molecule has 3 rings (SSSR count). The Morgan fingerprint density at radius 1 is 1.06 bits per heavy atom. The number of carboxylic acids is 1. The third kappa shape index (κ3) is 7.13. The number of carbonyl (C=O) groups excluding carboxylic acids is 1. The number of aliphatic carboxylic acids is 1. The molecule has 1 unspecified atom stereocenters. The monoisotopic (exact) mass is 507 g/mol. The van der Waals surface area contributed by atoms with E-state index in [1.165, 1.54) is 6.92 Å². The fraction of sp³-hybridized carbons (Fsp3) is 0.417. The van der Waals surface area contributed by atoms with Gasteiger partial charge in [-0.15, -0.1) is 0 Å². The summed E-state index contributed by atoms with van der Waals surface area (Å²) < 4.78 is 28.0. The maximum atomic E-state index is 12.5. The molecule has 11 heteroatoms. The Labute approximate surface area is 204 Å². The Hall–Kier alpha value is -2.75. The minimum atomic E-state index is -4.54. The molecule has 0 heterocycles. The molecule has 1 aliphatic carbocycles. The van der Waals surface area contributed by atoms with Crippen molar-refractivity contribution in [3.63, 3.8) is 0 Å². The van der Waals surface area contributed by atoms with Gasteiger partial charge in [-0.05, 0) is 29.2 Å². The van der Waals surface area contributed by atoms with Crippen LogP contribution in [0.3, 0.4) is 0 Å². The van der Waals surface area contributed by atoms with Crippen molar-refractivity contribution in [2.75, 3.05) is 40.9 Å². The van der Waals surface area contributed by atoms with E-state index in [1.807, 2.05) is 69.7 Å². The second-order valence-corrected chi connectivity index (χ2v) is 10.8. The summed E-state index contributed by atoms with van der Waals surface area (Å²) in [4.78, 5) is 34.2. The number of fused-ring (bicyclic) bond motifs is 3. The summed E-state index contributed by atoms with van der Waals surface area (Å²) in [5.41, 5.74) is 4.15. The topological polar surface area (TPSA) is 131 Å². The van der Waals surface area contributed by atoms with Crippen LogP contribution in [0.2, 0.25) is 0 Å². The Morgan fingerprint density at radius 2 is 1.60 bits per heavy atom. The number of carboxylic acid groups (broad SMARTS) is 1. The number of nitrogens with zero attached hydrogens (tertiary/aromatic N) is 1. The van der Waals surface area contributed by atoms with E-state index >= 15 is 0 Å². The second-order valence-electron chi connectivity index (χ2n) is 9.41. The maximum Gasteiger partial charge on any atom is 0.472 e. The second kappa shape index (κ2) is 10.9. The van der Waals surface area contributed by atoms with E-state index in [9.17, 15) is 24.2 Å². The first-order chi connectivity index (χ1) is 16.4. The molecular weight excluding hydrogens is 475 g/mol. The highest BCUT2D eigenvalue weighted by atomic mass is 31.2. The van der Waals surface area contributed by atoms with Crippen LogP contribution >= 0.6 is 7.82 Å². The molecule has 2 aromatic carbocycles. The van der Waals surface area contributed by atoms with Gasteiger partial charge in [0.25, 0.3) is 0 Å². The summed E-state index contributed by atoms with van der Waals surface area (Å²) >= 11 is 0. The van der Waals surface area contributed by atoms with Gasteiger partial charge in [-0.3, -0.25) is 9.05 Å². The molecule has 2 aromatic rings. The standard InChI is InChI=1S/C24H31N2O8P/c1-16(34-35(30,31)33-14-13-26(2,3)4)22(23(27)28)25-24(29)32-15-21-19-11-7-5-9-17(19)18-10-6-8-12-20(18)21/h5-12,16,21-22H,13-15H2,1-4H3,(H2-,25,27,28,29,30,31)/p+1/t16-,22+/m1/s1. The number of phosphoric acid groups is 1. The summed E-state index contributed by atoms with van der Waals surface area (Å²) in [7, 11) is 1.11. The van der Waals surface area contributed by atoms with Gasteiger partial charge in [0.05, 0.1) is 27.2 Å². The number of ether oxygens (including phenoxy) is 1. The smallest absolute Gasteiger partial charge is 0.472 e. The molecule has 3 atom stereocenters. The molecule has 1 aliphatic rings. The zero-order valence-electron chi connectivity index (χ0n) is 20.2. The van der Waals surface area contributed by atoms with Crippen LogP contribution in [0, 0.1) is 0 Å². The molecule has 0 radical (unpaired) electrons. The number of nitrogens with one attached hydrogen (secondary N) is 1. The van der Waals surface area contributed by atoms with Gasteiger partial charge in [0.2, 0.25) is 0 Å². The normalized spacial score (nSPS) is 16.5. The number of carbonyl (C=O) groups is 2. The molecular formula is C24H32N2O8P+. The van der Waals surface area contributed by atoms with Crippen molar-refractivity contribution < 1.29 is 42.4 Å². The largest absolute Gasteiger partial charge is 0.480 e. The van der Waals surface area contributed by atoms with Gasteiger partial charge in [0.1, 0.15) is 19.8 Å². The molecule has 190 valence electrons. The molecule has 0 spiro atoms. The zero-order valence-corrected chi connectivity index (χ0v) is 21.1. The van der Waals surface area contributed by atoms with E-state index in [0.717, 1.165) is 22.3 Å². The van der Waals surface area contributed by atoms with Crippen molar-refractivity contribution in [1.82, 2.24) is 5.32 Å². The van der Waals surface area contributed by atoms with Crippen LogP contribution < -0.4 is 5.32 Å². The first-order valence-corrected chi connectivity index (χ1v) is 12.7. The van der Waals surface area contributed by atoms with E-state index in [2.05, 4.69) is 5.32 Å². The molecule has 0 fully saturated rings. The van der Waals surface area contributed by atoms with E-state index in [0.29, 0.717) is 11.0 Å². The van der Waals surface area contributed by atoms with E-state index < -0.39 is 32.0 Å². The number of phosphoric ester groups is 1. The molecule has 0 saturated heterocycles. The van der Waals surface area contributed by atoms with Gasteiger partial charge in [-0.1, -0.05) is 48.5 Å². The predicted molar refractivity (Wildman–Crippen MR) is 129 cm³/mol. The fourth-order valence-electron chi connectivity index (χ4n) is 3.88. The Bertz CT molecular complexity index is 1070. The molecule has 10 nitrogen and oxygen atoms in total. The summed E-state index contributed by atoms with van der Waals surface area (Å²) in [6.45, 7) is 1.62. The number of quaternary nitrogens is 1. The highest BCUT2D eigenvalue weighted by Gasteiger charge is 2.35. The quantitative estimate of drug-likeness (QED) is 0.312. The van der Waals surface area contributed by atoms with Crippen molar-refractivity contribution >= 4 is 19.9 Å². The van der Waals surface area contributed by atoms with Crippen LogP contribution in [0.5, 0.6) is 0 Å². The average molecular weight is 508 g/mol. The molecule has 1 amide bonds. The highest BCUT2D eigenvalue weighted by Crippen LogP contribution is 2.45. The van der Waals surface area contributed by atoms with Gasteiger partial charge in [0, 0.05) is 5.92 Å². The van der Waals surface area contributed by atoms with Crippen molar-refractivity contribution in [2.45, 2.75) is 25.0 Å². The average Bonchev–Trinajstić information content (AvgIpc) is 3.08. The van der Waals surface area contributed by atoms with E-state index in [1.54, 1.807) is 0 Å². The zero-order chi connectivity index (χ0) is 25.8. The number of hydrogen-bond acceptors (Lipinski definition) is 6. The molecule has 0 aromatic heterocycles. The van der Waals surface area contributed by atoms with Crippen LogP contribution in [0.15, 0.2) is 48.5 Å². The maximum absolute atomic E-state index is 12.5. The first kappa shape index (κ1) is 26.8. The Kier molecular flexibility index (Phi) is 8.35. The van der Waals surface area contributed by atoms with Gasteiger partial charge in [0.15, 0.2) is 6.04 Å². The number of rotatable bonds is 11. The molecule has 35 heavy (non-hydrogen) atoms. The summed E-state index contributed by atoms with van der Waals surface area (Å²) in [5.74, 6) is -1.64. The molecule has 0 bridgehead atoms. The number of amides is 1. The molecule has 3 N–H and O–H groups in total. The minimum absolute atomic E-state index is 0.00586. The lowest BCUT2D eigenvalue weighted by Gasteiger charge is -2.26. The summed E-state index contributed by atoms with van der Waals surface area (Å²) in [6, 6.07) is 14.0. The fourth-order valence-corrected chi connectivity index (χ4v) is 4.79. The van der Waals surface area contributed by atoms with Crippen LogP contribution in [0.4, 0.5) is 4.79 Å². The predicted octanol–water partition coefficient (Wildman–Crippen LogP) is 3.21. The summed E-state index contributed by atoms with van der Waals surface area (Å²) in [5, 5.41) is 11.8. The lowest BCUT2D eigenvalue weighted by atomic mass is 9.98. The molecule has 0 saturated carbocycles. The SMILES string of the molecule is C[C@@H](OP(=O)(O)OCC[N+](C)(C)C)[C@H](NC(=O)OCC1c2ccccc2-c2ccccc21)C(=O)O. The van der Waals surface area contributed by atoms with Crippen LogP contribution in [0.25, 0.3) is 11.1 Å². The van der Waals surface area contributed by atoms with Gasteiger partial charge in [-0.25, -0.2) is 14.2 Å². The Morgan fingerprint density at radius 3 is 2.11 bits per heavy atom. The van der Waals surface area contributed by atoms with Crippen LogP contribution in [-0.2, 0) is 23.1 Å². The Balaban J connectivity index is 1.59. The van der Waals surface area contributed by atoms with E-state index in [4.69, 9.17) is 13.8 Å².